The number of aromatic amines is 1. The smallest absolute Gasteiger partial charge is 0.120 e. The van der Waals surface area contributed by atoms with E-state index in [4.69, 9.17) is 4.74 Å². The number of H-pyrrole nitrogens is 1. The van der Waals surface area contributed by atoms with Crippen LogP contribution >= 0.6 is 0 Å². The van der Waals surface area contributed by atoms with Crippen molar-refractivity contribution in [2.75, 3.05) is 0 Å². The maximum Gasteiger partial charge on any atom is 0.120 e. The maximum absolute atomic E-state index is 5.80. The van der Waals surface area contributed by atoms with Crippen LogP contribution in [0.4, 0.5) is 0 Å². The summed E-state index contributed by atoms with van der Waals surface area (Å²) in [5, 5.41) is 6.99. The molecule has 100 valence electrons. The molecule has 0 bridgehead atoms. The number of ether oxygens (including phenoxy) is 1. The third-order valence-electron chi connectivity index (χ3n) is 3.10. The van der Waals surface area contributed by atoms with Gasteiger partial charge in [0.15, 0.2) is 0 Å². The van der Waals surface area contributed by atoms with Gasteiger partial charge in [-0.3, -0.25) is 10.1 Å². The Morgan fingerprint density at radius 2 is 2.10 bits per heavy atom. The van der Waals surface area contributed by atoms with Crippen molar-refractivity contribution in [1.29, 1.82) is 0 Å². The molecule has 4 heteroatoms. The van der Waals surface area contributed by atoms with Gasteiger partial charge in [0.1, 0.15) is 12.4 Å². The molecule has 0 amide bonds. The Kier molecular flexibility index (Phi) is 3.46. The SMILES string of the molecule is Cc1[nH]ncc1-c1cccc(OCc2cccnc2)c1. The molecule has 2 aromatic heterocycles. The lowest BCUT2D eigenvalue weighted by atomic mass is 10.1. The first-order valence-corrected chi connectivity index (χ1v) is 6.45. The molecule has 0 aliphatic rings. The molecule has 2 heterocycles. The molecule has 0 saturated heterocycles. The van der Waals surface area contributed by atoms with Crippen molar-refractivity contribution in [1.82, 2.24) is 15.2 Å². The number of pyridine rings is 1. The molecule has 1 N–H and O–H groups in total. The van der Waals surface area contributed by atoms with Gasteiger partial charge < -0.3 is 4.74 Å². The molecule has 0 atom stereocenters. The zero-order chi connectivity index (χ0) is 13.8. The van der Waals surface area contributed by atoms with Gasteiger partial charge in [-0.15, -0.1) is 0 Å². The molecule has 3 aromatic rings. The molecule has 0 spiro atoms. The number of hydrogen-bond acceptors (Lipinski definition) is 3. The van der Waals surface area contributed by atoms with E-state index in [0.29, 0.717) is 6.61 Å². The van der Waals surface area contributed by atoms with Gasteiger partial charge in [-0.25, -0.2) is 0 Å². The molecule has 3 rings (SSSR count). The van der Waals surface area contributed by atoms with Gasteiger partial charge in [0.25, 0.3) is 0 Å². The van der Waals surface area contributed by atoms with E-state index in [2.05, 4.69) is 21.2 Å². The second-order valence-corrected chi connectivity index (χ2v) is 4.59. The molecule has 0 radical (unpaired) electrons. The average molecular weight is 265 g/mol. The number of nitrogens with one attached hydrogen (secondary N) is 1. The van der Waals surface area contributed by atoms with Gasteiger partial charge in [-0.1, -0.05) is 18.2 Å². The third kappa shape index (κ3) is 2.69. The first-order valence-electron chi connectivity index (χ1n) is 6.45. The summed E-state index contributed by atoms with van der Waals surface area (Å²) in [5.74, 6) is 0.840. The van der Waals surface area contributed by atoms with E-state index in [0.717, 1.165) is 28.1 Å². The Morgan fingerprint density at radius 3 is 2.85 bits per heavy atom. The predicted molar refractivity (Wildman–Crippen MR) is 77.3 cm³/mol. The van der Waals surface area contributed by atoms with Gasteiger partial charge in [0.05, 0.1) is 6.20 Å². The maximum atomic E-state index is 5.80. The fraction of sp³-hybridized carbons (Fsp3) is 0.125. The fourth-order valence-corrected chi connectivity index (χ4v) is 2.05. The monoisotopic (exact) mass is 265 g/mol. The number of benzene rings is 1. The quantitative estimate of drug-likeness (QED) is 0.787. The topological polar surface area (TPSA) is 50.8 Å². The van der Waals surface area contributed by atoms with Crippen molar-refractivity contribution in [2.45, 2.75) is 13.5 Å². The minimum Gasteiger partial charge on any atom is -0.489 e. The van der Waals surface area contributed by atoms with Crippen LogP contribution in [-0.4, -0.2) is 15.2 Å². The average Bonchev–Trinajstić information content (AvgIpc) is 2.93. The van der Waals surface area contributed by atoms with Crippen LogP contribution in [0.3, 0.4) is 0 Å². The summed E-state index contributed by atoms with van der Waals surface area (Å²) in [6, 6.07) is 11.9. The van der Waals surface area contributed by atoms with Crippen LogP contribution < -0.4 is 4.74 Å². The van der Waals surface area contributed by atoms with E-state index < -0.39 is 0 Å². The highest BCUT2D eigenvalue weighted by molar-refractivity contribution is 5.66. The van der Waals surface area contributed by atoms with Crippen LogP contribution in [0.15, 0.2) is 55.0 Å². The predicted octanol–water partition coefficient (Wildman–Crippen LogP) is 3.36. The van der Waals surface area contributed by atoms with Crippen LogP contribution in [0, 0.1) is 6.92 Å². The van der Waals surface area contributed by atoms with Gasteiger partial charge in [-0.05, 0) is 30.7 Å². The van der Waals surface area contributed by atoms with Gasteiger partial charge >= 0.3 is 0 Å². The summed E-state index contributed by atoms with van der Waals surface area (Å²) in [6.07, 6.45) is 5.39. The molecule has 1 aromatic carbocycles. The first kappa shape index (κ1) is 12.4. The highest BCUT2D eigenvalue weighted by atomic mass is 16.5. The van der Waals surface area contributed by atoms with E-state index in [1.54, 1.807) is 6.20 Å². The fourth-order valence-electron chi connectivity index (χ4n) is 2.05. The molecular weight excluding hydrogens is 250 g/mol. The summed E-state index contributed by atoms with van der Waals surface area (Å²) in [4.78, 5) is 4.07. The minimum absolute atomic E-state index is 0.516. The summed E-state index contributed by atoms with van der Waals surface area (Å²) in [5.41, 5.74) is 4.29. The zero-order valence-corrected chi connectivity index (χ0v) is 11.2. The Hall–Kier alpha value is -2.62. The van der Waals surface area contributed by atoms with Crippen LogP contribution in [0.25, 0.3) is 11.1 Å². The summed E-state index contributed by atoms with van der Waals surface area (Å²) >= 11 is 0. The first-order chi connectivity index (χ1) is 9.83. The highest BCUT2D eigenvalue weighted by Crippen LogP contribution is 2.25. The van der Waals surface area contributed by atoms with Crippen LogP contribution in [0.5, 0.6) is 5.75 Å². The van der Waals surface area contributed by atoms with Crippen molar-refractivity contribution in [3.05, 3.63) is 66.2 Å². The summed E-state index contributed by atoms with van der Waals surface area (Å²) < 4.78 is 5.80. The Balaban J connectivity index is 1.77. The molecule has 0 aliphatic heterocycles. The van der Waals surface area contributed by atoms with Crippen LogP contribution in [0.1, 0.15) is 11.3 Å². The van der Waals surface area contributed by atoms with E-state index in [1.807, 2.05) is 49.6 Å². The van der Waals surface area contributed by atoms with Crippen molar-refractivity contribution in [2.24, 2.45) is 0 Å². The Labute approximate surface area is 117 Å². The largest absolute Gasteiger partial charge is 0.489 e. The van der Waals surface area contributed by atoms with E-state index in [-0.39, 0.29) is 0 Å². The molecule has 0 unspecified atom stereocenters. The minimum atomic E-state index is 0.516. The van der Waals surface area contributed by atoms with E-state index >= 15 is 0 Å². The number of nitrogens with zero attached hydrogens (tertiary/aromatic N) is 2. The van der Waals surface area contributed by atoms with Crippen molar-refractivity contribution < 1.29 is 4.74 Å². The zero-order valence-electron chi connectivity index (χ0n) is 11.2. The lowest BCUT2D eigenvalue weighted by Crippen LogP contribution is -1.95. The molecule has 0 fully saturated rings. The number of rotatable bonds is 4. The van der Waals surface area contributed by atoms with E-state index in [9.17, 15) is 0 Å². The second-order valence-electron chi connectivity index (χ2n) is 4.59. The third-order valence-corrected chi connectivity index (χ3v) is 3.10. The van der Waals surface area contributed by atoms with Crippen LogP contribution in [-0.2, 0) is 6.61 Å². The van der Waals surface area contributed by atoms with Gasteiger partial charge in [0, 0.05) is 29.2 Å². The van der Waals surface area contributed by atoms with Crippen molar-refractivity contribution in [3.63, 3.8) is 0 Å². The number of aromatic nitrogens is 3. The Morgan fingerprint density at radius 1 is 1.15 bits per heavy atom. The molecule has 20 heavy (non-hydrogen) atoms. The lowest BCUT2D eigenvalue weighted by Gasteiger charge is -2.07. The lowest BCUT2D eigenvalue weighted by molar-refractivity contribution is 0.306. The van der Waals surface area contributed by atoms with Crippen molar-refractivity contribution in [3.8, 4) is 16.9 Å². The molecule has 0 saturated carbocycles. The molecule has 4 nitrogen and oxygen atoms in total. The normalized spacial score (nSPS) is 10.4. The summed E-state index contributed by atoms with van der Waals surface area (Å²) in [7, 11) is 0. The number of hydrogen-bond donors (Lipinski definition) is 1. The molecular formula is C16H15N3O. The van der Waals surface area contributed by atoms with Crippen molar-refractivity contribution >= 4 is 0 Å². The van der Waals surface area contributed by atoms with Crippen LogP contribution in [0.2, 0.25) is 0 Å². The van der Waals surface area contributed by atoms with Gasteiger partial charge in [0.2, 0.25) is 0 Å². The molecule has 0 aliphatic carbocycles. The number of aryl methyl sites for hydroxylation is 1. The van der Waals surface area contributed by atoms with Gasteiger partial charge in [-0.2, -0.15) is 5.10 Å². The Bertz CT molecular complexity index is 692. The second kappa shape index (κ2) is 5.57. The van der Waals surface area contributed by atoms with E-state index in [1.165, 1.54) is 0 Å². The summed E-state index contributed by atoms with van der Waals surface area (Å²) in [6.45, 7) is 2.52. The highest BCUT2D eigenvalue weighted by Gasteiger charge is 2.05. The standard InChI is InChI=1S/C16H15N3O/c1-12-16(10-18-19-12)14-5-2-6-15(8-14)20-11-13-4-3-7-17-9-13/h2-10H,11H2,1H3,(H,18,19).